The fraction of sp³-hybridized carbons (Fsp3) is 0.273. The molecule has 55 heavy (non-hydrogen) atoms. The van der Waals surface area contributed by atoms with Gasteiger partial charge in [-0.2, -0.15) is 0 Å². The number of ether oxygens (including phenoxy) is 5. The number of aliphatic carboxylic acids is 1. The summed E-state index contributed by atoms with van der Waals surface area (Å²) in [5.41, 5.74) is -0.225. The van der Waals surface area contributed by atoms with E-state index < -0.39 is 70.4 Å². The third-order valence-corrected chi connectivity index (χ3v) is 5.54. The van der Waals surface area contributed by atoms with E-state index >= 15 is 0 Å². The predicted molar refractivity (Wildman–Crippen MR) is 184 cm³/mol. The number of aromatic hydroxyl groups is 1. The molecule has 0 aliphatic carbocycles. The number of carbonyl (C=O) groups excluding carboxylic acids is 5. The SMILES string of the molecule is CCC(=O)OCC(=O)O.CCC(=O)OCC(=O)Oc1ccc([N+](=O)[O-])cc1.CCC(=O)OCC(=O)Oc1ccc([N+](=O)[O-])cc1.O=[N+]([O-])c1ccc(O)cc1. The Morgan fingerprint density at radius 3 is 1.02 bits per heavy atom. The second-order valence-electron chi connectivity index (χ2n) is 9.66. The first-order valence-corrected chi connectivity index (χ1v) is 15.4. The van der Waals surface area contributed by atoms with Crippen LogP contribution >= 0.6 is 0 Å². The summed E-state index contributed by atoms with van der Waals surface area (Å²) in [6.45, 7) is 3.30. The third kappa shape index (κ3) is 22.8. The first kappa shape index (κ1) is 47.5. The number of hydrogen-bond donors (Lipinski definition) is 2. The molecule has 0 aliphatic rings. The molecular formula is C33H35N3O19. The highest BCUT2D eigenvalue weighted by molar-refractivity contribution is 5.78. The highest BCUT2D eigenvalue weighted by Gasteiger charge is 2.12. The lowest BCUT2D eigenvalue weighted by Gasteiger charge is -2.04. The van der Waals surface area contributed by atoms with E-state index in [-0.39, 0.29) is 53.6 Å². The molecule has 0 fully saturated rings. The summed E-state index contributed by atoms with van der Waals surface area (Å²) < 4.78 is 23.0. The van der Waals surface area contributed by atoms with Crippen molar-refractivity contribution in [2.45, 2.75) is 40.0 Å². The molecule has 0 aliphatic heterocycles. The summed E-state index contributed by atoms with van der Waals surface area (Å²) in [4.78, 5) is 93.1. The predicted octanol–water partition coefficient (Wildman–Crippen LogP) is 4.23. The van der Waals surface area contributed by atoms with Crippen molar-refractivity contribution in [2.24, 2.45) is 0 Å². The van der Waals surface area contributed by atoms with E-state index in [0.717, 1.165) is 0 Å². The molecule has 22 nitrogen and oxygen atoms in total. The Labute approximate surface area is 310 Å². The van der Waals surface area contributed by atoms with Gasteiger partial charge in [0.25, 0.3) is 17.1 Å². The van der Waals surface area contributed by atoms with Crippen LogP contribution in [0.4, 0.5) is 17.1 Å². The van der Waals surface area contributed by atoms with E-state index in [9.17, 15) is 59.1 Å². The third-order valence-electron chi connectivity index (χ3n) is 5.54. The van der Waals surface area contributed by atoms with Crippen molar-refractivity contribution in [3.05, 3.63) is 103 Å². The highest BCUT2D eigenvalue weighted by Crippen LogP contribution is 2.18. The maximum atomic E-state index is 11.2. The van der Waals surface area contributed by atoms with Crippen LogP contribution in [0.25, 0.3) is 0 Å². The Morgan fingerprint density at radius 2 is 0.764 bits per heavy atom. The summed E-state index contributed by atoms with van der Waals surface area (Å²) in [6.07, 6.45) is 0.558. The summed E-state index contributed by atoms with van der Waals surface area (Å²) in [5.74, 6) is -3.78. The number of benzene rings is 3. The molecule has 0 amide bonds. The van der Waals surface area contributed by atoms with Crippen molar-refractivity contribution in [3.63, 3.8) is 0 Å². The molecule has 0 spiro atoms. The van der Waals surface area contributed by atoms with Gasteiger partial charge >= 0.3 is 35.8 Å². The minimum Gasteiger partial charge on any atom is -0.508 e. The van der Waals surface area contributed by atoms with Gasteiger partial charge in [-0.15, -0.1) is 0 Å². The van der Waals surface area contributed by atoms with Crippen molar-refractivity contribution >= 4 is 52.9 Å². The van der Waals surface area contributed by atoms with Gasteiger partial charge in [0.2, 0.25) is 0 Å². The first-order chi connectivity index (χ1) is 25.9. The molecular weight excluding hydrogens is 742 g/mol. The van der Waals surface area contributed by atoms with E-state index in [2.05, 4.69) is 14.2 Å². The molecule has 0 unspecified atom stereocenters. The Bertz CT molecular complexity index is 1670. The maximum absolute atomic E-state index is 11.2. The van der Waals surface area contributed by atoms with E-state index in [4.69, 9.17) is 19.7 Å². The van der Waals surface area contributed by atoms with Gasteiger partial charge in [0, 0.05) is 55.7 Å². The largest absolute Gasteiger partial charge is 0.508 e. The highest BCUT2D eigenvalue weighted by atomic mass is 16.6. The second kappa shape index (κ2) is 26.3. The van der Waals surface area contributed by atoms with Crippen LogP contribution in [0.1, 0.15) is 40.0 Å². The number of nitro groups is 3. The number of non-ortho nitro benzene ring substituents is 3. The number of carboxylic acids is 1. The van der Waals surface area contributed by atoms with Crippen LogP contribution in [0.15, 0.2) is 72.8 Å². The summed E-state index contributed by atoms with van der Waals surface area (Å²) in [5, 5.41) is 47.5. The fourth-order valence-corrected chi connectivity index (χ4v) is 2.90. The summed E-state index contributed by atoms with van der Waals surface area (Å²) in [7, 11) is 0. The minimum absolute atomic E-state index is 0.0159. The van der Waals surface area contributed by atoms with Crippen LogP contribution in [0, 0.1) is 30.3 Å². The van der Waals surface area contributed by atoms with Gasteiger partial charge in [0.1, 0.15) is 17.2 Å². The van der Waals surface area contributed by atoms with Crippen LogP contribution in [-0.2, 0) is 43.0 Å². The molecule has 2 N–H and O–H groups in total. The molecule has 0 saturated carbocycles. The monoisotopic (exact) mass is 777 g/mol. The van der Waals surface area contributed by atoms with Crippen LogP contribution < -0.4 is 9.47 Å². The van der Waals surface area contributed by atoms with Crippen LogP contribution in [0.5, 0.6) is 17.2 Å². The van der Waals surface area contributed by atoms with Gasteiger partial charge in [0.05, 0.1) is 14.8 Å². The molecule has 296 valence electrons. The Morgan fingerprint density at radius 1 is 0.491 bits per heavy atom. The Kier molecular flexibility index (Phi) is 22.7. The van der Waals surface area contributed by atoms with Gasteiger partial charge in [-0.05, 0) is 36.4 Å². The molecule has 0 bridgehead atoms. The minimum atomic E-state index is -1.13. The number of phenols is 1. The van der Waals surface area contributed by atoms with E-state index in [1.54, 1.807) is 20.8 Å². The molecule has 22 heteroatoms. The van der Waals surface area contributed by atoms with Crippen molar-refractivity contribution in [1.82, 2.24) is 0 Å². The molecule has 3 aromatic carbocycles. The Balaban J connectivity index is 0.000000739. The Hall–Kier alpha value is -7.52. The molecule has 0 heterocycles. The average molecular weight is 778 g/mol. The van der Waals surface area contributed by atoms with Gasteiger partial charge < -0.3 is 33.9 Å². The van der Waals surface area contributed by atoms with E-state index in [1.807, 2.05) is 0 Å². The molecule has 3 aromatic rings. The standard InChI is InChI=1S/2C11H11NO6.C6H5NO3.C5H8O4/c2*1-2-10(13)17-7-11(14)18-9-5-3-8(4-6-9)12(15)16;8-6-3-1-5(2-4-6)7(9)10;1-2-5(8)9-3-4(6)7/h2*3-6H,2,7H2,1H3;1-4,8H;2-3H2,1H3,(H,6,7). The van der Waals surface area contributed by atoms with Crippen LogP contribution in [0.3, 0.4) is 0 Å². The quantitative estimate of drug-likeness (QED) is 0.0760. The number of rotatable bonds is 14. The summed E-state index contributed by atoms with van der Waals surface area (Å²) >= 11 is 0. The van der Waals surface area contributed by atoms with Crippen molar-refractivity contribution in [1.29, 1.82) is 0 Å². The smallest absolute Gasteiger partial charge is 0.349 e. The molecule has 0 atom stereocenters. The average Bonchev–Trinajstić information content (AvgIpc) is 3.16. The van der Waals surface area contributed by atoms with Crippen molar-refractivity contribution in [2.75, 3.05) is 19.8 Å². The molecule has 0 aromatic heterocycles. The molecule has 3 rings (SSSR count). The zero-order chi connectivity index (χ0) is 41.9. The molecule has 0 saturated heterocycles. The van der Waals surface area contributed by atoms with E-state index in [0.29, 0.717) is 0 Å². The number of nitrogens with zero attached hydrogens (tertiary/aromatic N) is 3. The van der Waals surface area contributed by atoms with Gasteiger partial charge in [-0.25, -0.2) is 14.4 Å². The number of carboxylic acid groups (broad SMARTS) is 1. The normalized spacial score (nSPS) is 9.36. The van der Waals surface area contributed by atoms with Crippen molar-refractivity contribution in [3.8, 4) is 17.2 Å². The lowest BCUT2D eigenvalue weighted by molar-refractivity contribution is -0.385. The number of nitro benzene ring substituents is 3. The van der Waals surface area contributed by atoms with E-state index in [1.165, 1.54) is 72.8 Å². The molecule has 0 radical (unpaired) electrons. The van der Waals surface area contributed by atoms with Gasteiger partial charge in [-0.3, -0.25) is 44.7 Å². The fourth-order valence-electron chi connectivity index (χ4n) is 2.90. The second-order valence-corrected chi connectivity index (χ2v) is 9.66. The topological polar surface area (TPSA) is 318 Å². The first-order valence-electron chi connectivity index (χ1n) is 15.4. The maximum Gasteiger partial charge on any atom is 0.349 e. The van der Waals surface area contributed by atoms with Gasteiger partial charge in [0.15, 0.2) is 19.8 Å². The zero-order valence-electron chi connectivity index (χ0n) is 29.3. The lowest BCUT2D eigenvalue weighted by Crippen LogP contribution is -2.18. The zero-order valence-corrected chi connectivity index (χ0v) is 29.3. The van der Waals surface area contributed by atoms with Crippen LogP contribution in [-0.4, -0.2) is 80.6 Å². The lowest BCUT2D eigenvalue weighted by atomic mass is 10.3. The summed E-state index contributed by atoms with van der Waals surface area (Å²) in [6, 6.07) is 15.0. The number of phenolic OH excluding ortho intramolecular Hbond substituents is 1. The number of hydrogen-bond acceptors (Lipinski definition) is 18. The van der Waals surface area contributed by atoms with Crippen molar-refractivity contribution < 1.29 is 77.4 Å². The number of carbonyl (C=O) groups is 6. The van der Waals surface area contributed by atoms with Gasteiger partial charge in [-0.1, -0.05) is 20.8 Å². The number of esters is 5. The van der Waals surface area contributed by atoms with Crippen LogP contribution in [0.2, 0.25) is 0 Å².